The van der Waals surface area contributed by atoms with E-state index in [-0.39, 0.29) is 5.91 Å². The van der Waals surface area contributed by atoms with E-state index in [1.165, 1.54) is 0 Å². The lowest BCUT2D eigenvalue weighted by molar-refractivity contribution is -0.127. The Hall–Kier alpha value is -2.66. The second kappa shape index (κ2) is 9.15. The molecule has 1 aromatic heterocycles. The van der Waals surface area contributed by atoms with Gasteiger partial charge in [0.2, 0.25) is 5.91 Å². The highest BCUT2D eigenvalue weighted by atomic mass is 16.5. The molecule has 1 saturated heterocycles. The molecule has 1 aliphatic rings. The summed E-state index contributed by atoms with van der Waals surface area (Å²) in [5.74, 6) is 0.889. The maximum atomic E-state index is 12.4. The van der Waals surface area contributed by atoms with Crippen molar-refractivity contribution in [1.29, 1.82) is 0 Å². The van der Waals surface area contributed by atoms with Gasteiger partial charge in [-0.25, -0.2) is 0 Å². The van der Waals surface area contributed by atoms with Crippen molar-refractivity contribution < 1.29 is 9.53 Å². The quantitative estimate of drug-likeness (QED) is 0.750. The SMILES string of the molecule is COc1ccc(C=CC(=O)N2CCN(CCc3ccccn3)CC2)cc1. The third-order valence-electron chi connectivity index (χ3n) is 4.63. The summed E-state index contributed by atoms with van der Waals surface area (Å²) in [7, 11) is 1.64. The highest BCUT2D eigenvalue weighted by molar-refractivity contribution is 5.91. The van der Waals surface area contributed by atoms with Crippen LogP contribution in [0.1, 0.15) is 11.3 Å². The molecule has 0 N–H and O–H groups in total. The number of amides is 1. The second-order valence-corrected chi connectivity index (χ2v) is 6.34. The zero-order valence-corrected chi connectivity index (χ0v) is 15.2. The number of ether oxygens (including phenoxy) is 1. The molecule has 5 heteroatoms. The topological polar surface area (TPSA) is 45.7 Å². The Labute approximate surface area is 154 Å². The first-order valence-electron chi connectivity index (χ1n) is 8.98. The molecule has 136 valence electrons. The van der Waals surface area contributed by atoms with Gasteiger partial charge >= 0.3 is 0 Å². The Bertz CT molecular complexity index is 721. The van der Waals surface area contributed by atoms with Gasteiger partial charge < -0.3 is 9.64 Å². The Morgan fingerprint density at radius 1 is 1.12 bits per heavy atom. The van der Waals surface area contributed by atoms with Gasteiger partial charge in [-0.05, 0) is 35.9 Å². The first-order valence-corrected chi connectivity index (χ1v) is 8.98. The summed E-state index contributed by atoms with van der Waals surface area (Å²) in [5, 5.41) is 0. The zero-order chi connectivity index (χ0) is 18.2. The van der Waals surface area contributed by atoms with Crippen molar-refractivity contribution in [2.45, 2.75) is 6.42 Å². The van der Waals surface area contributed by atoms with Crippen LogP contribution in [-0.4, -0.2) is 60.5 Å². The zero-order valence-electron chi connectivity index (χ0n) is 15.2. The lowest BCUT2D eigenvalue weighted by Gasteiger charge is -2.34. The predicted octanol–water partition coefficient (Wildman–Crippen LogP) is 2.49. The molecule has 26 heavy (non-hydrogen) atoms. The number of hydrogen-bond donors (Lipinski definition) is 0. The van der Waals surface area contributed by atoms with Crippen LogP contribution in [0.4, 0.5) is 0 Å². The third kappa shape index (κ3) is 5.17. The third-order valence-corrected chi connectivity index (χ3v) is 4.63. The largest absolute Gasteiger partial charge is 0.497 e. The van der Waals surface area contributed by atoms with E-state index in [0.717, 1.165) is 56.2 Å². The van der Waals surface area contributed by atoms with E-state index in [4.69, 9.17) is 4.74 Å². The summed E-state index contributed by atoms with van der Waals surface area (Å²) >= 11 is 0. The summed E-state index contributed by atoms with van der Waals surface area (Å²) in [4.78, 5) is 21.0. The molecule has 0 radical (unpaired) electrons. The van der Waals surface area contributed by atoms with Crippen LogP contribution in [-0.2, 0) is 11.2 Å². The summed E-state index contributed by atoms with van der Waals surface area (Å²) in [6, 6.07) is 13.7. The van der Waals surface area contributed by atoms with E-state index in [1.54, 1.807) is 13.2 Å². The Balaban J connectivity index is 1.43. The van der Waals surface area contributed by atoms with Crippen LogP contribution in [0.15, 0.2) is 54.7 Å². The fraction of sp³-hybridized carbons (Fsp3) is 0.333. The van der Waals surface area contributed by atoms with Crippen LogP contribution in [0.25, 0.3) is 6.08 Å². The number of benzene rings is 1. The highest BCUT2D eigenvalue weighted by Crippen LogP contribution is 2.13. The van der Waals surface area contributed by atoms with Gasteiger partial charge in [-0.3, -0.25) is 14.7 Å². The minimum Gasteiger partial charge on any atom is -0.497 e. The fourth-order valence-electron chi connectivity index (χ4n) is 3.00. The van der Waals surface area contributed by atoms with Gasteiger partial charge in [0.1, 0.15) is 5.75 Å². The van der Waals surface area contributed by atoms with Crippen molar-refractivity contribution in [2.24, 2.45) is 0 Å². The number of methoxy groups -OCH3 is 1. The number of hydrogen-bond acceptors (Lipinski definition) is 4. The lowest BCUT2D eigenvalue weighted by Crippen LogP contribution is -2.48. The molecule has 2 heterocycles. The number of rotatable bonds is 6. The molecule has 5 nitrogen and oxygen atoms in total. The molecular formula is C21H25N3O2. The van der Waals surface area contributed by atoms with Crippen molar-refractivity contribution >= 4 is 12.0 Å². The van der Waals surface area contributed by atoms with Gasteiger partial charge in [-0.1, -0.05) is 18.2 Å². The average molecular weight is 351 g/mol. The van der Waals surface area contributed by atoms with E-state index in [2.05, 4.69) is 16.0 Å². The molecule has 0 aliphatic carbocycles. The number of pyridine rings is 1. The normalized spacial score (nSPS) is 15.3. The van der Waals surface area contributed by atoms with E-state index >= 15 is 0 Å². The molecule has 0 unspecified atom stereocenters. The molecule has 1 fully saturated rings. The van der Waals surface area contributed by atoms with Crippen LogP contribution in [0, 0.1) is 0 Å². The second-order valence-electron chi connectivity index (χ2n) is 6.34. The number of carbonyl (C=O) groups is 1. The summed E-state index contributed by atoms with van der Waals surface area (Å²) in [5.41, 5.74) is 2.11. The molecule has 1 aromatic carbocycles. The monoisotopic (exact) mass is 351 g/mol. The van der Waals surface area contributed by atoms with E-state index in [9.17, 15) is 4.79 Å². The lowest BCUT2D eigenvalue weighted by atomic mass is 10.2. The maximum Gasteiger partial charge on any atom is 0.246 e. The van der Waals surface area contributed by atoms with Crippen LogP contribution in [0.5, 0.6) is 5.75 Å². The van der Waals surface area contributed by atoms with Gasteiger partial charge in [-0.2, -0.15) is 0 Å². The summed E-state index contributed by atoms with van der Waals surface area (Å²) < 4.78 is 5.14. The van der Waals surface area contributed by atoms with E-state index in [1.807, 2.05) is 53.6 Å². The summed E-state index contributed by atoms with van der Waals surface area (Å²) in [6.07, 6.45) is 6.30. The van der Waals surface area contributed by atoms with Crippen LogP contribution in [0.2, 0.25) is 0 Å². The standard InChI is InChI=1S/C21H25N3O2/c1-26-20-8-5-18(6-9-20)7-10-21(25)24-16-14-23(15-17-24)13-11-19-4-2-3-12-22-19/h2-10,12H,11,13-17H2,1H3. The minimum atomic E-state index is 0.0743. The number of piperazine rings is 1. The van der Waals surface area contributed by atoms with E-state index in [0.29, 0.717) is 0 Å². The maximum absolute atomic E-state index is 12.4. The minimum absolute atomic E-state index is 0.0743. The number of aromatic nitrogens is 1. The first kappa shape index (κ1) is 18.1. The number of carbonyl (C=O) groups excluding carboxylic acids is 1. The fourth-order valence-corrected chi connectivity index (χ4v) is 3.00. The molecular weight excluding hydrogens is 326 g/mol. The van der Waals surface area contributed by atoms with Crippen LogP contribution in [0.3, 0.4) is 0 Å². The van der Waals surface area contributed by atoms with Crippen molar-refractivity contribution in [2.75, 3.05) is 39.8 Å². The predicted molar refractivity (Wildman–Crippen MR) is 103 cm³/mol. The molecule has 0 atom stereocenters. The first-order chi connectivity index (χ1) is 12.7. The van der Waals surface area contributed by atoms with E-state index < -0.39 is 0 Å². The molecule has 3 rings (SSSR count). The van der Waals surface area contributed by atoms with Gasteiger partial charge in [-0.15, -0.1) is 0 Å². The average Bonchev–Trinajstić information content (AvgIpc) is 2.72. The van der Waals surface area contributed by atoms with Crippen molar-refractivity contribution in [3.8, 4) is 5.75 Å². The van der Waals surface area contributed by atoms with Gasteiger partial charge in [0.25, 0.3) is 0 Å². The summed E-state index contributed by atoms with van der Waals surface area (Å²) in [6.45, 7) is 4.35. The van der Waals surface area contributed by atoms with Crippen LogP contribution >= 0.6 is 0 Å². The van der Waals surface area contributed by atoms with Gasteiger partial charge in [0, 0.05) is 57.1 Å². The smallest absolute Gasteiger partial charge is 0.246 e. The van der Waals surface area contributed by atoms with Gasteiger partial charge in [0.05, 0.1) is 7.11 Å². The molecule has 0 bridgehead atoms. The van der Waals surface area contributed by atoms with Gasteiger partial charge in [0.15, 0.2) is 0 Å². The van der Waals surface area contributed by atoms with Crippen molar-refractivity contribution in [1.82, 2.24) is 14.8 Å². The van der Waals surface area contributed by atoms with Crippen molar-refractivity contribution in [3.63, 3.8) is 0 Å². The number of nitrogens with zero attached hydrogens (tertiary/aromatic N) is 3. The van der Waals surface area contributed by atoms with Crippen LogP contribution < -0.4 is 4.74 Å². The molecule has 1 amide bonds. The molecule has 0 saturated carbocycles. The molecule has 0 spiro atoms. The highest BCUT2D eigenvalue weighted by Gasteiger charge is 2.19. The molecule has 1 aliphatic heterocycles. The molecule has 2 aromatic rings. The Morgan fingerprint density at radius 3 is 2.54 bits per heavy atom. The van der Waals surface area contributed by atoms with Crippen molar-refractivity contribution in [3.05, 3.63) is 66.0 Å². The Morgan fingerprint density at radius 2 is 1.88 bits per heavy atom. The Kier molecular flexibility index (Phi) is 6.39.